The molecule has 1 heterocycles. The molecule has 3 heteroatoms. The fraction of sp³-hybridized carbons (Fsp3) is 0. The molecular formula is C13H7ClOS. The van der Waals surface area contributed by atoms with E-state index in [1.165, 1.54) is 0 Å². The summed E-state index contributed by atoms with van der Waals surface area (Å²) < 4.78 is 1.94. The van der Waals surface area contributed by atoms with E-state index in [1.807, 2.05) is 36.4 Å². The van der Waals surface area contributed by atoms with Crippen LogP contribution in [-0.2, 0) is 0 Å². The van der Waals surface area contributed by atoms with E-state index in [9.17, 15) is 4.79 Å². The minimum absolute atomic E-state index is 0.0231. The molecule has 0 aliphatic heterocycles. The molecule has 3 rings (SSSR count). The van der Waals surface area contributed by atoms with Gasteiger partial charge in [0.15, 0.2) is 5.43 Å². The van der Waals surface area contributed by atoms with E-state index in [0.717, 1.165) is 14.8 Å². The van der Waals surface area contributed by atoms with Crippen LogP contribution in [0.15, 0.2) is 47.3 Å². The third-order valence-electron chi connectivity index (χ3n) is 2.55. The highest BCUT2D eigenvalue weighted by Crippen LogP contribution is 2.28. The molecule has 0 amide bonds. The van der Waals surface area contributed by atoms with Crippen LogP contribution in [0.1, 0.15) is 0 Å². The predicted molar refractivity (Wildman–Crippen MR) is 70.6 cm³/mol. The highest BCUT2D eigenvalue weighted by Gasteiger charge is 2.07. The van der Waals surface area contributed by atoms with E-state index < -0.39 is 0 Å². The number of hydrogen-bond acceptors (Lipinski definition) is 2. The van der Waals surface area contributed by atoms with Crippen LogP contribution in [0.5, 0.6) is 0 Å². The van der Waals surface area contributed by atoms with Gasteiger partial charge in [-0.15, -0.1) is 11.3 Å². The third-order valence-corrected chi connectivity index (χ3v) is 4.01. The van der Waals surface area contributed by atoms with Gasteiger partial charge in [-0.25, -0.2) is 0 Å². The van der Waals surface area contributed by atoms with Gasteiger partial charge in [0.2, 0.25) is 0 Å². The normalized spacial score (nSPS) is 11.1. The third kappa shape index (κ3) is 1.34. The van der Waals surface area contributed by atoms with Gasteiger partial charge in [-0.1, -0.05) is 29.8 Å². The molecule has 0 unspecified atom stereocenters. The number of halogens is 1. The summed E-state index contributed by atoms with van der Waals surface area (Å²) in [5.41, 5.74) is 0.0231. The number of fused-ring (bicyclic) bond motifs is 2. The fourth-order valence-electron chi connectivity index (χ4n) is 1.81. The van der Waals surface area contributed by atoms with Gasteiger partial charge in [0.1, 0.15) is 0 Å². The van der Waals surface area contributed by atoms with Crippen LogP contribution in [0.4, 0.5) is 0 Å². The monoisotopic (exact) mass is 246 g/mol. The summed E-state index contributed by atoms with van der Waals surface area (Å²) in [6, 6.07) is 13.2. The first-order chi connectivity index (χ1) is 7.77. The fourth-order valence-corrected chi connectivity index (χ4v) is 3.23. The van der Waals surface area contributed by atoms with Gasteiger partial charge in [0, 0.05) is 14.8 Å². The predicted octanol–water partition coefficient (Wildman–Crippen LogP) is 4.07. The summed E-state index contributed by atoms with van der Waals surface area (Å²) in [4.78, 5) is 12.2. The van der Waals surface area contributed by atoms with Crippen molar-refractivity contribution in [3.05, 3.63) is 57.7 Å². The lowest BCUT2D eigenvalue weighted by Crippen LogP contribution is -2.01. The highest BCUT2D eigenvalue weighted by atomic mass is 35.5. The average molecular weight is 247 g/mol. The molecule has 78 valence electrons. The molecule has 2 aromatic carbocycles. The zero-order valence-corrected chi connectivity index (χ0v) is 9.81. The van der Waals surface area contributed by atoms with Crippen LogP contribution in [0.3, 0.4) is 0 Å². The van der Waals surface area contributed by atoms with Crippen LogP contribution >= 0.6 is 22.9 Å². The van der Waals surface area contributed by atoms with Crippen molar-refractivity contribution in [2.75, 3.05) is 0 Å². The molecule has 1 aromatic heterocycles. The summed E-state index contributed by atoms with van der Waals surface area (Å²) in [5.74, 6) is 0. The summed E-state index contributed by atoms with van der Waals surface area (Å²) in [6.45, 7) is 0. The minimum Gasteiger partial charge on any atom is -0.288 e. The topological polar surface area (TPSA) is 17.1 Å². The Labute approximate surface area is 101 Å². The van der Waals surface area contributed by atoms with Gasteiger partial charge in [-0.05, 0) is 24.3 Å². The maximum absolute atomic E-state index is 12.2. The van der Waals surface area contributed by atoms with Crippen LogP contribution < -0.4 is 5.43 Å². The molecule has 16 heavy (non-hydrogen) atoms. The van der Waals surface area contributed by atoms with Gasteiger partial charge in [0.25, 0.3) is 0 Å². The second-order valence-electron chi connectivity index (χ2n) is 3.54. The highest BCUT2D eigenvalue weighted by molar-refractivity contribution is 7.24. The van der Waals surface area contributed by atoms with E-state index in [0.29, 0.717) is 10.4 Å². The molecule has 0 N–H and O–H groups in total. The first kappa shape index (κ1) is 9.82. The molecule has 0 aliphatic rings. The van der Waals surface area contributed by atoms with Crippen molar-refractivity contribution in [3.63, 3.8) is 0 Å². The van der Waals surface area contributed by atoms with Crippen molar-refractivity contribution in [2.45, 2.75) is 0 Å². The van der Waals surface area contributed by atoms with Crippen LogP contribution in [0.2, 0.25) is 5.02 Å². The van der Waals surface area contributed by atoms with E-state index in [4.69, 9.17) is 11.6 Å². The Balaban J connectivity index is 2.67. The summed E-state index contributed by atoms with van der Waals surface area (Å²) in [5, 5.41) is 1.91. The molecule has 0 aliphatic carbocycles. The molecule has 3 aromatic rings. The molecular weight excluding hydrogens is 240 g/mol. The molecule has 0 spiro atoms. The summed E-state index contributed by atoms with van der Waals surface area (Å²) in [6.07, 6.45) is 0. The van der Waals surface area contributed by atoms with Gasteiger partial charge in [0.05, 0.1) is 10.4 Å². The minimum atomic E-state index is 0.0231. The Bertz CT molecular complexity index is 746. The molecule has 0 atom stereocenters. The number of benzene rings is 2. The molecule has 0 fully saturated rings. The zero-order valence-electron chi connectivity index (χ0n) is 8.24. The largest absolute Gasteiger partial charge is 0.288 e. The zero-order chi connectivity index (χ0) is 11.1. The maximum Gasteiger partial charge on any atom is 0.197 e. The van der Waals surface area contributed by atoms with E-state index in [-0.39, 0.29) is 5.43 Å². The average Bonchev–Trinajstić information content (AvgIpc) is 2.29. The van der Waals surface area contributed by atoms with Gasteiger partial charge >= 0.3 is 0 Å². The smallest absolute Gasteiger partial charge is 0.197 e. The van der Waals surface area contributed by atoms with Crippen molar-refractivity contribution in [1.82, 2.24) is 0 Å². The molecule has 0 radical (unpaired) electrons. The van der Waals surface area contributed by atoms with E-state index in [2.05, 4.69) is 0 Å². The standard InChI is InChI=1S/C13H7ClOS/c14-9-5-3-7-11-12(9)13(15)8-4-1-2-6-10(8)16-11/h1-7H. The molecule has 0 saturated carbocycles. The van der Waals surface area contributed by atoms with E-state index >= 15 is 0 Å². The van der Waals surface area contributed by atoms with Gasteiger partial charge < -0.3 is 0 Å². The lowest BCUT2D eigenvalue weighted by molar-refractivity contribution is 1.74. The Morgan fingerprint density at radius 3 is 2.56 bits per heavy atom. The van der Waals surface area contributed by atoms with Crippen LogP contribution in [-0.4, -0.2) is 0 Å². The van der Waals surface area contributed by atoms with Crippen molar-refractivity contribution < 1.29 is 0 Å². The second-order valence-corrected chi connectivity index (χ2v) is 5.03. The molecule has 0 bridgehead atoms. The van der Waals surface area contributed by atoms with Gasteiger partial charge in [-0.2, -0.15) is 0 Å². The summed E-state index contributed by atoms with van der Waals surface area (Å²) in [7, 11) is 0. The van der Waals surface area contributed by atoms with E-state index in [1.54, 1.807) is 17.4 Å². The maximum atomic E-state index is 12.2. The first-order valence-corrected chi connectivity index (χ1v) is 6.07. The Hall–Kier alpha value is -1.38. The summed E-state index contributed by atoms with van der Waals surface area (Å²) >= 11 is 7.66. The van der Waals surface area contributed by atoms with Gasteiger partial charge in [-0.3, -0.25) is 4.79 Å². The quantitative estimate of drug-likeness (QED) is 0.547. The van der Waals surface area contributed by atoms with Crippen molar-refractivity contribution in [3.8, 4) is 0 Å². The Kier molecular flexibility index (Phi) is 2.20. The van der Waals surface area contributed by atoms with Crippen LogP contribution in [0.25, 0.3) is 20.2 Å². The number of hydrogen-bond donors (Lipinski definition) is 0. The van der Waals surface area contributed by atoms with Crippen molar-refractivity contribution in [2.24, 2.45) is 0 Å². The van der Waals surface area contributed by atoms with Crippen LogP contribution in [0, 0.1) is 0 Å². The SMILES string of the molecule is O=c1c2ccccc2sc2cccc(Cl)c12. The molecule has 1 nitrogen and oxygen atoms in total. The Morgan fingerprint density at radius 1 is 0.938 bits per heavy atom. The lowest BCUT2D eigenvalue weighted by atomic mass is 10.2. The van der Waals surface area contributed by atoms with Crippen molar-refractivity contribution in [1.29, 1.82) is 0 Å². The number of rotatable bonds is 0. The molecule has 0 saturated heterocycles. The Morgan fingerprint density at radius 2 is 1.69 bits per heavy atom. The first-order valence-electron chi connectivity index (χ1n) is 4.87. The van der Waals surface area contributed by atoms with Crippen molar-refractivity contribution >= 4 is 43.1 Å². The lowest BCUT2D eigenvalue weighted by Gasteiger charge is -2.01. The second kappa shape index (κ2) is 3.58.